The van der Waals surface area contributed by atoms with Gasteiger partial charge in [0.1, 0.15) is 5.82 Å². The SMILES string of the molecule is Cn1ncc2cc(Nc3ccccn3)ccc21. The molecular weight excluding hydrogens is 212 g/mol. The second-order valence-electron chi connectivity index (χ2n) is 3.88. The maximum Gasteiger partial charge on any atom is 0.130 e. The second-order valence-corrected chi connectivity index (χ2v) is 3.88. The number of anilines is 2. The van der Waals surface area contributed by atoms with Gasteiger partial charge in [-0.15, -0.1) is 0 Å². The molecule has 0 aliphatic rings. The van der Waals surface area contributed by atoms with E-state index in [0.29, 0.717) is 0 Å². The lowest BCUT2D eigenvalue weighted by Crippen LogP contribution is -1.93. The van der Waals surface area contributed by atoms with Gasteiger partial charge in [0.15, 0.2) is 0 Å². The number of hydrogen-bond acceptors (Lipinski definition) is 3. The molecule has 1 aromatic carbocycles. The fourth-order valence-electron chi connectivity index (χ4n) is 1.83. The second kappa shape index (κ2) is 3.90. The Kier molecular flexibility index (Phi) is 2.26. The van der Waals surface area contributed by atoms with Crippen molar-refractivity contribution in [2.75, 3.05) is 5.32 Å². The van der Waals surface area contributed by atoms with Crippen LogP contribution >= 0.6 is 0 Å². The van der Waals surface area contributed by atoms with Crippen LogP contribution < -0.4 is 5.32 Å². The van der Waals surface area contributed by atoms with Gasteiger partial charge in [-0.05, 0) is 30.3 Å². The van der Waals surface area contributed by atoms with Crippen LogP contribution in [0.1, 0.15) is 0 Å². The van der Waals surface area contributed by atoms with Crippen molar-refractivity contribution in [3.8, 4) is 0 Å². The third kappa shape index (κ3) is 1.85. The third-order valence-corrected chi connectivity index (χ3v) is 2.68. The standard InChI is InChI=1S/C13H12N4/c1-17-12-6-5-11(8-10(12)9-15-17)16-13-4-2-3-7-14-13/h2-9H,1H3,(H,14,16). The summed E-state index contributed by atoms with van der Waals surface area (Å²) in [6, 6.07) is 11.9. The van der Waals surface area contributed by atoms with Crippen LogP contribution in [0.3, 0.4) is 0 Å². The lowest BCUT2D eigenvalue weighted by atomic mass is 10.2. The molecule has 1 N–H and O–H groups in total. The molecule has 3 rings (SSSR count). The molecule has 4 heteroatoms. The fraction of sp³-hybridized carbons (Fsp3) is 0.0769. The van der Waals surface area contributed by atoms with Crippen LogP contribution in [0.15, 0.2) is 48.8 Å². The molecule has 84 valence electrons. The van der Waals surface area contributed by atoms with E-state index in [1.165, 1.54) is 0 Å². The summed E-state index contributed by atoms with van der Waals surface area (Å²) in [4.78, 5) is 4.23. The predicted molar refractivity (Wildman–Crippen MR) is 68.2 cm³/mol. The molecule has 0 amide bonds. The Bertz CT molecular complexity index is 643. The molecule has 0 spiro atoms. The summed E-state index contributed by atoms with van der Waals surface area (Å²) in [7, 11) is 1.94. The van der Waals surface area contributed by atoms with Crippen LogP contribution in [0.2, 0.25) is 0 Å². The van der Waals surface area contributed by atoms with Gasteiger partial charge in [-0.1, -0.05) is 6.07 Å². The first-order valence-electron chi connectivity index (χ1n) is 5.43. The van der Waals surface area contributed by atoms with Gasteiger partial charge in [0.2, 0.25) is 0 Å². The van der Waals surface area contributed by atoms with E-state index in [9.17, 15) is 0 Å². The summed E-state index contributed by atoms with van der Waals surface area (Å²) in [6.45, 7) is 0. The van der Waals surface area contributed by atoms with E-state index in [4.69, 9.17) is 0 Å². The number of fused-ring (bicyclic) bond motifs is 1. The number of nitrogens with zero attached hydrogens (tertiary/aromatic N) is 3. The molecule has 0 atom stereocenters. The Labute approximate surface area is 98.9 Å². The predicted octanol–water partition coefficient (Wildman–Crippen LogP) is 2.71. The van der Waals surface area contributed by atoms with Crippen LogP contribution in [0, 0.1) is 0 Å². The van der Waals surface area contributed by atoms with Gasteiger partial charge in [-0.2, -0.15) is 5.10 Å². The topological polar surface area (TPSA) is 42.7 Å². The zero-order valence-electron chi connectivity index (χ0n) is 9.46. The smallest absolute Gasteiger partial charge is 0.130 e. The van der Waals surface area contributed by atoms with Crippen molar-refractivity contribution in [3.63, 3.8) is 0 Å². The Hall–Kier alpha value is -2.36. The molecule has 0 radical (unpaired) electrons. The van der Waals surface area contributed by atoms with Crippen molar-refractivity contribution in [3.05, 3.63) is 48.8 Å². The van der Waals surface area contributed by atoms with E-state index in [1.807, 2.05) is 48.3 Å². The Morgan fingerprint density at radius 2 is 2.12 bits per heavy atom. The highest BCUT2D eigenvalue weighted by Gasteiger charge is 2.01. The van der Waals surface area contributed by atoms with E-state index < -0.39 is 0 Å². The number of rotatable bonds is 2. The van der Waals surface area contributed by atoms with E-state index in [1.54, 1.807) is 6.20 Å². The summed E-state index contributed by atoms with van der Waals surface area (Å²) in [5.41, 5.74) is 2.14. The Balaban J connectivity index is 1.96. The lowest BCUT2D eigenvalue weighted by Gasteiger charge is -2.05. The first kappa shape index (κ1) is 9.84. The van der Waals surface area contributed by atoms with Gasteiger partial charge in [0.05, 0.1) is 11.7 Å². The van der Waals surface area contributed by atoms with Gasteiger partial charge in [-0.3, -0.25) is 4.68 Å². The highest BCUT2D eigenvalue weighted by atomic mass is 15.2. The molecule has 2 aromatic heterocycles. The molecule has 0 saturated heterocycles. The van der Waals surface area contributed by atoms with E-state index in [2.05, 4.69) is 21.5 Å². The molecule has 0 bridgehead atoms. The molecule has 2 heterocycles. The Morgan fingerprint density at radius 3 is 2.94 bits per heavy atom. The molecule has 0 unspecified atom stereocenters. The van der Waals surface area contributed by atoms with Gasteiger partial charge in [-0.25, -0.2) is 4.98 Å². The number of nitrogens with one attached hydrogen (secondary N) is 1. The normalized spacial score (nSPS) is 10.6. The van der Waals surface area contributed by atoms with Crippen LogP contribution in [-0.4, -0.2) is 14.8 Å². The molecule has 0 fully saturated rings. The summed E-state index contributed by atoms with van der Waals surface area (Å²) in [5, 5.41) is 8.59. The van der Waals surface area contributed by atoms with Crippen molar-refractivity contribution in [2.24, 2.45) is 7.05 Å². The molecule has 17 heavy (non-hydrogen) atoms. The number of pyridine rings is 1. The number of benzene rings is 1. The largest absolute Gasteiger partial charge is 0.340 e. The van der Waals surface area contributed by atoms with Gasteiger partial charge in [0.25, 0.3) is 0 Å². The fourth-order valence-corrected chi connectivity index (χ4v) is 1.83. The van der Waals surface area contributed by atoms with E-state index in [-0.39, 0.29) is 0 Å². The van der Waals surface area contributed by atoms with Crippen LogP contribution in [0.5, 0.6) is 0 Å². The maximum absolute atomic E-state index is 4.23. The quantitative estimate of drug-likeness (QED) is 0.727. The van der Waals surface area contributed by atoms with Gasteiger partial charge in [0, 0.05) is 24.3 Å². The average molecular weight is 224 g/mol. The van der Waals surface area contributed by atoms with Crippen molar-refractivity contribution >= 4 is 22.4 Å². The minimum absolute atomic E-state index is 0.843. The van der Waals surface area contributed by atoms with Crippen LogP contribution in [0.4, 0.5) is 11.5 Å². The first-order chi connectivity index (χ1) is 8.33. The molecule has 0 aliphatic heterocycles. The Morgan fingerprint density at radius 1 is 1.18 bits per heavy atom. The summed E-state index contributed by atoms with van der Waals surface area (Å²) in [6.07, 6.45) is 3.63. The van der Waals surface area contributed by atoms with Crippen molar-refractivity contribution in [1.29, 1.82) is 0 Å². The maximum atomic E-state index is 4.23. The molecule has 0 aliphatic carbocycles. The average Bonchev–Trinajstić information content (AvgIpc) is 2.72. The van der Waals surface area contributed by atoms with Crippen molar-refractivity contribution in [1.82, 2.24) is 14.8 Å². The number of aryl methyl sites for hydroxylation is 1. The van der Waals surface area contributed by atoms with E-state index >= 15 is 0 Å². The number of aromatic nitrogens is 3. The first-order valence-corrected chi connectivity index (χ1v) is 5.43. The van der Waals surface area contributed by atoms with Gasteiger partial charge >= 0.3 is 0 Å². The molecule has 4 nitrogen and oxygen atoms in total. The summed E-state index contributed by atoms with van der Waals surface area (Å²) >= 11 is 0. The van der Waals surface area contributed by atoms with Crippen molar-refractivity contribution < 1.29 is 0 Å². The highest BCUT2D eigenvalue weighted by molar-refractivity contribution is 5.83. The number of hydrogen-bond donors (Lipinski definition) is 1. The summed E-state index contributed by atoms with van der Waals surface area (Å²) in [5.74, 6) is 0.843. The molecular formula is C13H12N4. The summed E-state index contributed by atoms with van der Waals surface area (Å²) < 4.78 is 1.86. The van der Waals surface area contributed by atoms with Crippen LogP contribution in [0.25, 0.3) is 10.9 Å². The molecule has 0 saturated carbocycles. The zero-order valence-corrected chi connectivity index (χ0v) is 9.46. The van der Waals surface area contributed by atoms with Gasteiger partial charge < -0.3 is 5.32 Å². The highest BCUT2D eigenvalue weighted by Crippen LogP contribution is 2.20. The van der Waals surface area contributed by atoms with Crippen molar-refractivity contribution in [2.45, 2.75) is 0 Å². The monoisotopic (exact) mass is 224 g/mol. The van der Waals surface area contributed by atoms with E-state index in [0.717, 1.165) is 22.4 Å². The molecule has 3 aromatic rings. The minimum Gasteiger partial charge on any atom is -0.340 e. The van der Waals surface area contributed by atoms with Crippen LogP contribution in [-0.2, 0) is 7.05 Å². The zero-order chi connectivity index (χ0) is 11.7. The third-order valence-electron chi connectivity index (χ3n) is 2.68. The minimum atomic E-state index is 0.843. The lowest BCUT2D eigenvalue weighted by molar-refractivity contribution is 0.797.